The zero-order valence-electron chi connectivity index (χ0n) is 11.3. The molecular weight excluding hydrogens is 284 g/mol. The van der Waals surface area contributed by atoms with Crippen LogP contribution < -0.4 is 0 Å². The number of hydrogen-bond donors (Lipinski definition) is 1. The summed E-state index contributed by atoms with van der Waals surface area (Å²) < 4.78 is 0. The second-order valence-corrected chi connectivity index (χ2v) is 6.10. The standard InChI is InChI=1S/C17H14O3S/c18-15(19)10-11-8-13-6-7-21-17(13)14(9-11)16(20)12-4-2-1-3-5-12/h1-5,8-9H,6-7,10H2,(H,18,19). The number of aryl methyl sites for hydroxylation is 1. The van der Waals surface area contributed by atoms with E-state index < -0.39 is 5.97 Å². The molecule has 106 valence electrons. The number of benzene rings is 2. The average molecular weight is 298 g/mol. The second kappa shape index (κ2) is 5.74. The van der Waals surface area contributed by atoms with Gasteiger partial charge in [0.2, 0.25) is 0 Å². The van der Waals surface area contributed by atoms with Gasteiger partial charge in [-0.05, 0) is 23.6 Å². The third kappa shape index (κ3) is 2.85. The summed E-state index contributed by atoms with van der Waals surface area (Å²) in [4.78, 5) is 24.6. The lowest BCUT2D eigenvalue weighted by Crippen LogP contribution is -2.07. The zero-order valence-corrected chi connectivity index (χ0v) is 12.2. The molecule has 0 radical (unpaired) electrons. The van der Waals surface area contributed by atoms with E-state index in [1.54, 1.807) is 30.0 Å². The Hall–Kier alpha value is -2.07. The van der Waals surface area contributed by atoms with Crippen molar-refractivity contribution in [3.63, 3.8) is 0 Å². The van der Waals surface area contributed by atoms with Gasteiger partial charge in [-0.15, -0.1) is 11.8 Å². The van der Waals surface area contributed by atoms with Crippen LogP contribution in [0.4, 0.5) is 0 Å². The van der Waals surface area contributed by atoms with Crippen molar-refractivity contribution in [2.75, 3.05) is 5.75 Å². The molecule has 0 amide bonds. The maximum atomic E-state index is 12.7. The zero-order chi connectivity index (χ0) is 14.8. The van der Waals surface area contributed by atoms with Gasteiger partial charge in [0.25, 0.3) is 0 Å². The van der Waals surface area contributed by atoms with Gasteiger partial charge < -0.3 is 5.11 Å². The lowest BCUT2D eigenvalue weighted by Gasteiger charge is -2.10. The monoisotopic (exact) mass is 298 g/mol. The number of ketones is 1. The van der Waals surface area contributed by atoms with Gasteiger partial charge in [0.1, 0.15) is 0 Å². The molecule has 0 atom stereocenters. The first-order chi connectivity index (χ1) is 10.1. The van der Waals surface area contributed by atoms with Gasteiger partial charge in [0, 0.05) is 21.8 Å². The van der Waals surface area contributed by atoms with Crippen LogP contribution >= 0.6 is 11.8 Å². The molecule has 3 nitrogen and oxygen atoms in total. The van der Waals surface area contributed by atoms with Crippen molar-refractivity contribution in [2.24, 2.45) is 0 Å². The second-order valence-electron chi connectivity index (χ2n) is 5.00. The van der Waals surface area contributed by atoms with Crippen LogP contribution in [0.25, 0.3) is 0 Å². The number of carboxylic acid groups (broad SMARTS) is 1. The van der Waals surface area contributed by atoms with E-state index in [9.17, 15) is 9.59 Å². The molecule has 0 bridgehead atoms. The molecule has 1 N–H and O–H groups in total. The number of carbonyl (C=O) groups excluding carboxylic acids is 1. The maximum Gasteiger partial charge on any atom is 0.307 e. The summed E-state index contributed by atoms with van der Waals surface area (Å²) >= 11 is 1.68. The van der Waals surface area contributed by atoms with E-state index in [1.165, 1.54) is 0 Å². The van der Waals surface area contributed by atoms with Gasteiger partial charge in [0.15, 0.2) is 5.78 Å². The molecule has 4 heteroatoms. The molecule has 0 saturated heterocycles. The van der Waals surface area contributed by atoms with Gasteiger partial charge in [-0.2, -0.15) is 0 Å². The minimum atomic E-state index is -0.876. The molecule has 1 heterocycles. The highest BCUT2D eigenvalue weighted by molar-refractivity contribution is 7.99. The van der Waals surface area contributed by atoms with Crippen LogP contribution in [0.15, 0.2) is 47.4 Å². The SMILES string of the molecule is O=C(O)Cc1cc2c(c(C(=O)c3ccccc3)c1)SCC2. The molecule has 0 spiro atoms. The fraction of sp³-hybridized carbons (Fsp3) is 0.176. The Morgan fingerprint density at radius 3 is 2.62 bits per heavy atom. The third-order valence-corrected chi connectivity index (χ3v) is 4.66. The minimum absolute atomic E-state index is 0.0338. The van der Waals surface area contributed by atoms with Gasteiger partial charge in [-0.25, -0.2) is 0 Å². The summed E-state index contributed by atoms with van der Waals surface area (Å²) in [6.45, 7) is 0. The average Bonchev–Trinajstić information content (AvgIpc) is 2.94. The van der Waals surface area contributed by atoms with Crippen molar-refractivity contribution in [3.05, 3.63) is 64.7 Å². The summed E-state index contributed by atoms with van der Waals surface area (Å²) in [7, 11) is 0. The number of carboxylic acids is 1. The fourth-order valence-electron chi connectivity index (χ4n) is 2.56. The summed E-state index contributed by atoms with van der Waals surface area (Å²) in [5, 5.41) is 8.97. The van der Waals surface area contributed by atoms with E-state index in [-0.39, 0.29) is 12.2 Å². The van der Waals surface area contributed by atoms with E-state index in [4.69, 9.17) is 5.11 Å². The fourth-order valence-corrected chi connectivity index (χ4v) is 3.74. The minimum Gasteiger partial charge on any atom is -0.481 e. The maximum absolute atomic E-state index is 12.7. The van der Waals surface area contributed by atoms with Crippen LogP contribution in [0.5, 0.6) is 0 Å². The predicted molar refractivity (Wildman–Crippen MR) is 82.1 cm³/mol. The molecule has 0 aliphatic carbocycles. The normalized spacial score (nSPS) is 13.0. The van der Waals surface area contributed by atoms with Gasteiger partial charge in [-0.1, -0.05) is 36.4 Å². The largest absolute Gasteiger partial charge is 0.481 e. The molecule has 0 saturated carbocycles. The highest BCUT2D eigenvalue weighted by atomic mass is 32.2. The number of rotatable bonds is 4. The first-order valence-corrected chi connectivity index (χ1v) is 7.74. The Morgan fingerprint density at radius 2 is 1.90 bits per heavy atom. The Balaban J connectivity index is 2.06. The summed E-state index contributed by atoms with van der Waals surface area (Å²) in [5.41, 5.74) is 3.07. The summed E-state index contributed by atoms with van der Waals surface area (Å²) in [6.07, 6.45) is 0.843. The quantitative estimate of drug-likeness (QED) is 0.881. The topological polar surface area (TPSA) is 54.4 Å². The van der Waals surface area contributed by atoms with E-state index in [0.717, 1.165) is 22.6 Å². The van der Waals surface area contributed by atoms with Crippen LogP contribution in [0.2, 0.25) is 0 Å². The highest BCUT2D eigenvalue weighted by Gasteiger charge is 2.22. The Morgan fingerprint density at radius 1 is 1.14 bits per heavy atom. The molecule has 0 unspecified atom stereocenters. The lowest BCUT2D eigenvalue weighted by atomic mass is 9.96. The van der Waals surface area contributed by atoms with Crippen LogP contribution in [0.3, 0.4) is 0 Å². The molecule has 3 rings (SSSR count). The highest BCUT2D eigenvalue weighted by Crippen LogP contribution is 2.36. The van der Waals surface area contributed by atoms with E-state index in [2.05, 4.69) is 0 Å². The van der Waals surface area contributed by atoms with E-state index in [1.807, 2.05) is 24.3 Å². The Kier molecular flexibility index (Phi) is 3.80. The van der Waals surface area contributed by atoms with E-state index >= 15 is 0 Å². The predicted octanol–water partition coefficient (Wildman–Crippen LogP) is 3.19. The number of thioether (sulfide) groups is 1. The number of fused-ring (bicyclic) bond motifs is 1. The number of carbonyl (C=O) groups is 2. The first-order valence-electron chi connectivity index (χ1n) is 6.75. The van der Waals surface area contributed by atoms with Gasteiger partial charge in [0.05, 0.1) is 6.42 Å². The van der Waals surface area contributed by atoms with Gasteiger partial charge >= 0.3 is 5.97 Å². The smallest absolute Gasteiger partial charge is 0.307 e. The number of hydrogen-bond acceptors (Lipinski definition) is 3. The molecule has 2 aromatic rings. The van der Waals surface area contributed by atoms with Crippen LogP contribution in [-0.4, -0.2) is 22.6 Å². The van der Waals surface area contributed by atoms with Gasteiger partial charge in [-0.3, -0.25) is 9.59 Å². The van der Waals surface area contributed by atoms with Crippen molar-refractivity contribution in [2.45, 2.75) is 17.7 Å². The molecule has 0 fully saturated rings. The van der Waals surface area contributed by atoms with Crippen molar-refractivity contribution < 1.29 is 14.7 Å². The van der Waals surface area contributed by atoms with Crippen LogP contribution in [-0.2, 0) is 17.6 Å². The number of aliphatic carboxylic acids is 1. The first kappa shape index (κ1) is 13.9. The third-order valence-electron chi connectivity index (χ3n) is 3.48. The van der Waals surface area contributed by atoms with Crippen molar-refractivity contribution in [1.29, 1.82) is 0 Å². The summed E-state index contributed by atoms with van der Waals surface area (Å²) in [6, 6.07) is 12.8. The van der Waals surface area contributed by atoms with Crippen molar-refractivity contribution >= 4 is 23.5 Å². The van der Waals surface area contributed by atoms with Crippen molar-refractivity contribution in [1.82, 2.24) is 0 Å². The van der Waals surface area contributed by atoms with Crippen LogP contribution in [0.1, 0.15) is 27.0 Å². The van der Waals surface area contributed by atoms with E-state index in [0.29, 0.717) is 16.7 Å². The Labute approximate surface area is 127 Å². The molecule has 2 aromatic carbocycles. The summed E-state index contributed by atoms with van der Waals surface area (Å²) in [5.74, 6) is 0.0354. The van der Waals surface area contributed by atoms with Crippen molar-refractivity contribution in [3.8, 4) is 0 Å². The Bertz CT molecular complexity index is 707. The lowest BCUT2D eigenvalue weighted by molar-refractivity contribution is -0.136. The molecular formula is C17H14O3S. The molecule has 0 aromatic heterocycles. The molecule has 1 aliphatic rings. The van der Waals surface area contributed by atoms with Crippen LogP contribution in [0, 0.1) is 0 Å². The molecule has 1 aliphatic heterocycles. The molecule has 21 heavy (non-hydrogen) atoms.